The Bertz CT molecular complexity index is 6510. The molecular weight excluding hydrogens is 1790 g/mol. The Morgan fingerprint density at radius 2 is 0.681 bits per heavy atom. The van der Waals surface area contributed by atoms with Gasteiger partial charge < -0.3 is 73.4 Å². The molecule has 138 heavy (non-hydrogen) atoms. The molecule has 6 N–H and O–H groups in total. The molecule has 6 heterocycles. The lowest BCUT2D eigenvalue weighted by atomic mass is 9.78. The van der Waals surface area contributed by atoms with Gasteiger partial charge in [0.1, 0.15) is 0 Å². The molecule has 13 aromatic rings. The Labute approximate surface area is 822 Å². The molecule has 6 aliphatic rings. The van der Waals surface area contributed by atoms with E-state index in [9.17, 15) is 39.1 Å². The summed E-state index contributed by atoms with van der Waals surface area (Å²) in [5.41, 5.74) is 17.4. The average Bonchev–Trinajstić information content (AvgIpc) is 1.56. The van der Waals surface area contributed by atoms with E-state index in [4.69, 9.17) is 43.1 Å². The van der Waals surface area contributed by atoms with Crippen molar-refractivity contribution in [3.63, 3.8) is 0 Å². The third-order valence-electron chi connectivity index (χ3n) is 29.1. The number of likely N-dealkylation sites (tertiary alicyclic amines) is 2. The van der Waals surface area contributed by atoms with Crippen molar-refractivity contribution in [1.29, 1.82) is 0 Å². The van der Waals surface area contributed by atoms with Crippen molar-refractivity contribution >= 4 is 150 Å². The molecule has 19 rings (SSSR count). The number of carboxylic acids is 1. The summed E-state index contributed by atoms with van der Waals surface area (Å²) in [6.07, 6.45) is 8.65. The maximum absolute atomic E-state index is 13.7. The highest BCUT2D eigenvalue weighted by Gasteiger charge is 2.54. The van der Waals surface area contributed by atoms with Gasteiger partial charge in [-0.15, -0.1) is 0 Å². The summed E-state index contributed by atoms with van der Waals surface area (Å²) in [7, 11) is -0.158. The van der Waals surface area contributed by atoms with E-state index >= 15 is 0 Å². The Hall–Kier alpha value is -11.2. The predicted octanol–water partition coefficient (Wildman–Crippen LogP) is 19.6. The largest absolute Gasteiger partial charge is 0.494 e. The van der Waals surface area contributed by atoms with Crippen LogP contribution < -0.4 is 32.9 Å². The van der Waals surface area contributed by atoms with Crippen molar-refractivity contribution in [2.75, 3.05) is 53.5 Å². The molecule has 6 aliphatic heterocycles. The number of benzene rings is 13. The molecule has 2 amide bonds. The van der Waals surface area contributed by atoms with E-state index in [0.717, 1.165) is 138 Å². The van der Waals surface area contributed by atoms with E-state index in [1.165, 1.54) is 62.4 Å². The van der Waals surface area contributed by atoms with E-state index in [-0.39, 0.29) is 29.3 Å². The molecule has 25 heteroatoms. The van der Waals surface area contributed by atoms with Crippen molar-refractivity contribution in [3.05, 3.63) is 320 Å². The summed E-state index contributed by atoms with van der Waals surface area (Å²) in [4.78, 5) is 65.7. The zero-order chi connectivity index (χ0) is 98.8. The number of hydrogen-bond donors (Lipinski definition) is 5. The first kappa shape index (κ1) is 103. The minimum Gasteiger partial charge on any atom is -0.478 e. The van der Waals surface area contributed by atoms with Gasteiger partial charge in [-0.25, -0.2) is 14.4 Å². The number of carbonyl (C=O) groups is 5. The number of fused-ring (bicyclic) bond motifs is 5. The summed E-state index contributed by atoms with van der Waals surface area (Å²) in [5, 5.41) is 40.7. The maximum Gasteiger partial charge on any atom is 0.494 e. The maximum atomic E-state index is 13.7. The minimum absolute atomic E-state index is 0.00524. The van der Waals surface area contributed by atoms with Crippen LogP contribution in [0.1, 0.15) is 238 Å². The molecule has 6 saturated heterocycles. The second kappa shape index (κ2) is 44.1. The van der Waals surface area contributed by atoms with E-state index in [2.05, 4.69) is 154 Å². The summed E-state index contributed by atoms with van der Waals surface area (Å²) in [6, 6.07) is 83.3. The second-order valence-corrected chi connectivity index (χ2v) is 40.5. The molecule has 0 aliphatic carbocycles. The smallest absolute Gasteiger partial charge is 0.478 e. The molecule has 716 valence electrons. The zero-order valence-electron chi connectivity index (χ0n) is 82.4. The van der Waals surface area contributed by atoms with Crippen LogP contribution in [0.3, 0.4) is 0 Å². The van der Waals surface area contributed by atoms with Gasteiger partial charge >= 0.3 is 46.4 Å². The van der Waals surface area contributed by atoms with Gasteiger partial charge in [0.2, 0.25) is 0 Å². The number of rotatable bonds is 15. The number of aromatic carboxylic acids is 1. The van der Waals surface area contributed by atoms with E-state index < -0.39 is 68.0 Å². The standard InChI is InChI=1S/C30H36BNO3.C23H25BN2O3.C18H21BO4.C17H19BO4.C13H19N.C12H9BrO2/c1-6-21-9-7-11-24(19-21)22-15-17-32(18-16-22)28(33)26-12-8-10-23-13-14-25(20-27(23)26)31-34-29(2,3)30(4,5)35-31;25-15-16-3-1-5-19(13-16)17-9-11-26(12-10-17)23(27)21-6-2-4-18-7-8-20(24(28)29)14-22(18)21;1-17(2)18(3,4)23-19(22-17)13-10-9-12-7-6-8-14(15(12)11-13)16(20)21-5;1-16(2)17(3,4)22-18(21-16)12-9-8-11-6-5-7-13(15(19)20)14(11)10-12;1-2-11-4-3-5-13(10-11)12-6-8-14-9-7-12;1-15-12(14)10-4-2-3-8-5-6-9(13)7-11(8)10/h7-14,19-20,22H,6,15-18H2,1-5H3;1-8,13-14,17,28-29H,9-12,15,25H2;6-11H,1-5H3;5-10H,1-4H3,(H,19,20);3-5,10,12,14H,2,6-9H2,1H3;2-7H,1H3. The summed E-state index contributed by atoms with van der Waals surface area (Å²) >= 11 is 3.39. The van der Waals surface area contributed by atoms with Gasteiger partial charge in [0.05, 0.1) is 64.5 Å². The number of carbonyl (C=O) groups excluding carboxylic acids is 4. The number of nitrogens with two attached hydrogens (primary N) is 1. The van der Waals surface area contributed by atoms with Crippen LogP contribution in [-0.4, -0.2) is 170 Å². The second-order valence-electron chi connectivity index (χ2n) is 39.5. The van der Waals surface area contributed by atoms with Crippen LogP contribution in [0.25, 0.3) is 53.9 Å². The highest BCUT2D eigenvalue weighted by Crippen LogP contribution is 2.42. The number of halogens is 1. The third kappa shape index (κ3) is 23.6. The lowest BCUT2D eigenvalue weighted by Gasteiger charge is -2.32. The van der Waals surface area contributed by atoms with Crippen molar-refractivity contribution < 1.29 is 76.5 Å². The lowest BCUT2D eigenvalue weighted by molar-refractivity contribution is 0.00578. The van der Waals surface area contributed by atoms with Gasteiger partial charge in [0, 0.05) is 48.3 Å². The highest BCUT2D eigenvalue weighted by molar-refractivity contribution is 9.10. The quantitative estimate of drug-likeness (QED) is 0.0472. The van der Waals surface area contributed by atoms with Crippen LogP contribution in [0.5, 0.6) is 0 Å². The molecule has 0 spiro atoms. The molecule has 0 unspecified atom stereocenters. The Morgan fingerprint density at radius 3 is 1.03 bits per heavy atom. The zero-order valence-corrected chi connectivity index (χ0v) is 84.0. The molecule has 13 aromatic carbocycles. The summed E-state index contributed by atoms with van der Waals surface area (Å²) in [6.45, 7) is 34.6. The molecule has 6 fully saturated rings. The minimum atomic E-state index is -1.55. The SMILES string of the molecule is CC1(C)OB(c2ccc3cccc(C(=O)O)c3c2)OC1(C)C.CCc1cccc(C2CCN(C(=O)c3cccc4ccc(B5OC(C)(C)C(C)(C)O5)cc34)CC2)c1.CCc1cccc(C2CCNCC2)c1.COC(=O)c1cccc2ccc(B3OC(C)(C)C(C)(C)O3)cc12.COC(=O)c1cccc2ccc(Br)cc12.NCc1cccc(C2CCN(C(=O)c3cccc4ccc(B(O)O)cc34)CC2)c1. The first-order chi connectivity index (χ1) is 65.8. The fourth-order valence-corrected chi connectivity index (χ4v) is 18.9. The molecule has 0 saturated carbocycles. The van der Waals surface area contributed by atoms with Gasteiger partial charge in [-0.2, -0.15) is 0 Å². The highest BCUT2D eigenvalue weighted by atomic mass is 79.9. The molecule has 20 nitrogen and oxygen atoms in total. The fraction of sp³-hybridized carbons (Fsp3) is 0.354. The molecule has 0 bridgehead atoms. The van der Waals surface area contributed by atoms with Gasteiger partial charge in [0.25, 0.3) is 11.8 Å². The predicted molar refractivity (Wildman–Crippen MR) is 561 cm³/mol. The number of amides is 2. The Kier molecular flexibility index (Phi) is 32.8. The average molecular weight is 1920 g/mol. The van der Waals surface area contributed by atoms with Gasteiger partial charge in [-0.1, -0.05) is 242 Å². The van der Waals surface area contributed by atoms with Crippen LogP contribution in [0, 0.1) is 0 Å². The Morgan fingerprint density at radius 1 is 0.384 bits per heavy atom. The summed E-state index contributed by atoms with van der Waals surface area (Å²) in [5.74, 6) is 0.277. The molecule has 0 radical (unpaired) electrons. The van der Waals surface area contributed by atoms with Crippen LogP contribution in [-0.2, 0) is 56.8 Å². The molecule has 0 atom stereocenters. The van der Waals surface area contributed by atoms with Crippen LogP contribution in [0.2, 0.25) is 0 Å². The van der Waals surface area contributed by atoms with Gasteiger partial charge in [-0.05, 0) is 317 Å². The van der Waals surface area contributed by atoms with E-state index in [0.29, 0.717) is 59.0 Å². The molecule has 0 aromatic heterocycles. The fourth-order valence-electron chi connectivity index (χ4n) is 18.5. The van der Waals surface area contributed by atoms with Crippen LogP contribution >= 0.6 is 15.9 Å². The topological polar surface area (TPSA) is 264 Å². The van der Waals surface area contributed by atoms with Crippen LogP contribution in [0.4, 0.5) is 0 Å². The number of nitrogens with one attached hydrogen (secondary N) is 1. The molecular formula is C113H129B4BrN4O16. The van der Waals surface area contributed by atoms with Crippen molar-refractivity contribution in [2.24, 2.45) is 5.73 Å². The van der Waals surface area contributed by atoms with E-state index in [1.54, 1.807) is 42.0 Å². The Balaban J connectivity index is 0.000000136. The number of hydrogen-bond acceptors (Lipinski definition) is 17. The van der Waals surface area contributed by atoms with Crippen LogP contribution in [0.15, 0.2) is 259 Å². The normalized spacial score (nSPS) is 17.5. The van der Waals surface area contributed by atoms with Gasteiger partial charge in [0.15, 0.2) is 0 Å². The first-order valence-electron chi connectivity index (χ1n) is 48.2. The third-order valence-corrected chi connectivity index (χ3v) is 29.6. The monoisotopic (exact) mass is 1920 g/mol. The number of nitrogens with zero attached hydrogens (tertiary/aromatic N) is 2. The number of methoxy groups -OCH3 is 2. The first-order valence-corrected chi connectivity index (χ1v) is 49.0. The summed E-state index contributed by atoms with van der Waals surface area (Å²) < 4.78 is 47.3. The lowest BCUT2D eigenvalue weighted by Crippen LogP contribution is -2.41. The van der Waals surface area contributed by atoms with Crippen molar-refractivity contribution in [3.8, 4) is 0 Å². The van der Waals surface area contributed by atoms with E-state index in [1.807, 2.05) is 193 Å². The number of piperidine rings is 3. The van der Waals surface area contributed by atoms with Crippen molar-refractivity contribution in [2.45, 2.75) is 206 Å². The van der Waals surface area contributed by atoms with Crippen molar-refractivity contribution in [1.82, 2.24) is 15.1 Å². The number of ether oxygens (including phenoxy) is 2. The van der Waals surface area contributed by atoms with Gasteiger partial charge in [-0.3, -0.25) is 9.59 Å². The number of carboxylic acid groups (broad SMARTS) is 1. The number of esters is 2. The number of aryl methyl sites for hydroxylation is 2.